The normalized spacial score (nSPS) is 12.0. The lowest BCUT2D eigenvalue weighted by molar-refractivity contribution is -0.126. The van der Waals surface area contributed by atoms with Crippen molar-refractivity contribution >= 4 is 40.5 Å². The summed E-state index contributed by atoms with van der Waals surface area (Å²) >= 11 is 6.51. The van der Waals surface area contributed by atoms with Crippen molar-refractivity contribution in [2.75, 3.05) is 5.32 Å². The summed E-state index contributed by atoms with van der Waals surface area (Å²) in [5.74, 6) is 0.177. The fraction of sp³-hybridized carbons (Fsp3) is 0.438. The van der Waals surface area contributed by atoms with Crippen LogP contribution in [0.5, 0.6) is 0 Å². The molecule has 0 aliphatic carbocycles. The van der Waals surface area contributed by atoms with Crippen LogP contribution >= 0.6 is 23.6 Å². The molecule has 0 aliphatic rings. The van der Waals surface area contributed by atoms with Crippen LogP contribution in [-0.4, -0.2) is 37.6 Å². The fourth-order valence-corrected chi connectivity index (χ4v) is 3.29. The number of H-pyrrole nitrogens is 1. The van der Waals surface area contributed by atoms with Crippen LogP contribution in [-0.2, 0) is 22.6 Å². The van der Waals surface area contributed by atoms with Crippen LogP contribution in [0, 0.1) is 10.7 Å². The Hall–Kier alpha value is -2.33. The van der Waals surface area contributed by atoms with E-state index in [1.807, 2.05) is 23.8 Å². The van der Waals surface area contributed by atoms with Crippen LogP contribution < -0.4 is 10.6 Å². The maximum atomic E-state index is 12.4. The van der Waals surface area contributed by atoms with Gasteiger partial charge in [-0.2, -0.15) is 5.10 Å². The van der Waals surface area contributed by atoms with Gasteiger partial charge in [0.15, 0.2) is 9.90 Å². The molecule has 0 aromatic carbocycles. The van der Waals surface area contributed by atoms with E-state index in [-0.39, 0.29) is 17.7 Å². The third-order valence-electron chi connectivity index (χ3n) is 3.58. The van der Waals surface area contributed by atoms with E-state index in [0.29, 0.717) is 22.9 Å². The Kier molecular flexibility index (Phi) is 6.81. The predicted molar refractivity (Wildman–Crippen MR) is 104 cm³/mol. The molecule has 0 saturated heterocycles. The summed E-state index contributed by atoms with van der Waals surface area (Å²) in [5.41, 5.74) is 0.769. The molecule has 0 fully saturated rings. The first-order chi connectivity index (χ1) is 12.3. The second-order valence-corrected chi connectivity index (χ2v) is 7.32. The van der Waals surface area contributed by atoms with Gasteiger partial charge in [-0.1, -0.05) is 19.9 Å². The molecular weight excluding hydrogens is 372 g/mol. The van der Waals surface area contributed by atoms with Crippen molar-refractivity contribution < 1.29 is 9.59 Å². The molecule has 0 radical (unpaired) electrons. The number of rotatable bonds is 8. The average molecular weight is 395 g/mol. The van der Waals surface area contributed by atoms with Crippen molar-refractivity contribution in [2.24, 2.45) is 5.92 Å². The molecule has 3 N–H and O–H groups in total. The van der Waals surface area contributed by atoms with E-state index in [1.54, 1.807) is 6.08 Å². The topological polar surface area (TPSA) is 105 Å². The lowest BCUT2D eigenvalue weighted by Gasteiger charge is -2.20. The zero-order chi connectivity index (χ0) is 19.3. The highest BCUT2D eigenvalue weighted by molar-refractivity contribution is 7.71. The van der Waals surface area contributed by atoms with Gasteiger partial charge in [-0.3, -0.25) is 19.3 Å². The number of aromatic nitrogens is 4. The molecule has 0 aliphatic heterocycles. The first-order valence-electron chi connectivity index (χ1n) is 8.09. The monoisotopic (exact) mass is 394 g/mol. The van der Waals surface area contributed by atoms with Crippen molar-refractivity contribution in [3.05, 3.63) is 34.3 Å². The van der Waals surface area contributed by atoms with E-state index in [0.717, 1.165) is 11.5 Å². The molecule has 0 spiro atoms. The summed E-state index contributed by atoms with van der Waals surface area (Å²) in [5, 5.41) is 14.7. The Morgan fingerprint density at radius 2 is 2.23 bits per heavy atom. The maximum absolute atomic E-state index is 12.4. The first kappa shape index (κ1) is 20.0. The highest BCUT2D eigenvalue weighted by atomic mass is 32.1. The van der Waals surface area contributed by atoms with Gasteiger partial charge in [0.2, 0.25) is 11.8 Å². The van der Waals surface area contributed by atoms with Crippen molar-refractivity contribution in [3.63, 3.8) is 0 Å². The summed E-state index contributed by atoms with van der Waals surface area (Å²) in [6.07, 6.45) is 2.22. The average Bonchev–Trinajstić information content (AvgIpc) is 3.14. The van der Waals surface area contributed by atoms with Crippen LogP contribution in [0.4, 0.5) is 5.13 Å². The minimum atomic E-state index is -0.608. The molecule has 2 amide bonds. The summed E-state index contributed by atoms with van der Waals surface area (Å²) in [4.78, 5) is 28.1. The zero-order valence-corrected chi connectivity index (χ0v) is 16.5. The lowest BCUT2D eigenvalue weighted by atomic mass is 10.0. The fourth-order valence-electron chi connectivity index (χ4n) is 2.35. The standard InChI is InChI=1S/C16H22N6O2S2/c1-5-6-22-12(20-21-16(22)25)7-11-8-26-15(18-11)19-14(24)13(9(2)3)17-10(4)23/h5,8-9,13H,1,6-7H2,2-4H3,(H,17,23)(H,21,25)(H,18,19,24). The largest absolute Gasteiger partial charge is 0.344 e. The Bertz CT molecular complexity index is 851. The number of amides is 2. The molecule has 10 heteroatoms. The van der Waals surface area contributed by atoms with Crippen LogP contribution in [0.25, 0.3) is 0 Å². The Morgan fingerprint density at radius 1 is 1.50 bits per heavy atom. The smallest absolute Gasteiger partial charge is 0.248 e. The van der Waals surface area contributed by atoms with E-state index in [2.05, 4.69) is 32.4 Å². The molecule has 1 atom stereocenters. The summed E-state index contributed by atoms with van der Waals surface area (Å²) in [7, 11) is 0. The molecule has 2 aromatic heterocycles. The molecule has 2 heterocycles. The van der Waals surface area contributed by atoms with Crippen molar-refractivity contribution in [2.45, 2.75) is 39.8 Å². The number of carbonyl (C=O) groups is 2. The van der Waals surface area contributed by atoms with E-state index in [4.69, 9.17) is 12.2 Å². The van der Waals surface area contributed by atoms with Gasteiger partial charge in [-0.25, -0.2) is 4.98 Å². The predicted octanol–water partition coefficient (Wildman–Crippen LogP) is 2.27. The highest BCUT2D eigenvalue weighted by Gasteiger charge is 2.23. The summed E-state index contributed by atoms with van der Waals surface area (Å²) < 4.78 is 2.37. The van der Waals surface area contributed by atoms with Crippen LogP contribution in [0.2, 0.25) is 0 Å². The van der Waals surface area contributed by atoms with E-state index in [9.17, 15) is 9.59 Å². The maximum Gasteiger partial charge on any atom is 0.248 e. The Labute approximate surface area is 160 Å². The summed E-state index contributed by atoms with van der Waals surface area (Å²) in [6, 6.07) is -0.608. The first-order valence-corrected chi connectivity index (χ1v) is 9.38. The van der Waals surface area contributed by atoms with Gasteiger partial charge in [-0.05, 0) is 18.1 Å². The van der Waals surface area contributed by atoms with Crippen LogP contribution in [0.1, 0.15) is 32.3 Å². The Morgan fingerprint density at radius 3 is 2.85 bits per heavy atom. The zero-order valence-electron chi connectivity index (χ0n) is 14.9. The second-order valence-electron chi connectivity index (χ2n) is 6.08. The van der Waals surface area contributed by atoms with Gasteiger partial charge in [0.25, 0.3) is 0 Å². The van der Waals surface area contributed by atoms with Gasteiger partial charge in [0.05, 0.1) is 12.1 Å². The number of thiazole rings is 1. The van der Waals surface area contributed by atoms with E-state index in [1.165, 1.54) is 18.3 Å². The molecular formula is C16H22N6O2S2. The number of anilines is 1. The number of carbonyl (C=O) groups excluding carboxylic acids is 2. The number of hydrogen-bond donors (Lipinski definition) is 3. The van der Waals surface area contributed by atoms with Gasteiger partial charge in [0.1, 0.15) is 11.9 Å². The summed E-state index contributed by atoms with van der Waals surface area (Å²) in [6.45, 7) is 9.40. The minimum absolute atomic E-state index is 0.0364. The van der Waals surface area contributed by atoms with Crippen molar-refractivity contribution in [1.29, 1.82) is 0 Å². The van der Waals surface area contributed by atoms with Gasteiger partial charge < -0.3 is 10.6 Å². The van der Waals surface area contributed by atoms with Gasteiger partial charge in [0, 0.05) is 18.8 Å². The number of allylic oxidation sites excluding steroid dienone is 1. The number of nitrogens with zero attached hydrogens (tertiary/aromatic N) is 3. The second kappa shape index (κ2) is 8.86. The quantitative estimate of drug-likeness (QED) is 0.471. The Balaban J connectivity index is 2.08. The lowest BCUT2D eigenvalue weighted by Crippen LogP contribution is -2.46. The molecule has 0 bridgehead atoms. The molecule has 2 aromatic rings. The molecule has 1 unspecified atom stereocenters. The van der Waals surface area contributed by atoms with E-state index >= 15 is 0 Å². The van der Waals surface area contributed by atoms with Crippen LogP contribution in [0.3, 0.4) is 0 Å². The van der Waals surface area contributed by atoms with Crippen molar-refractivity contribution in [1.82, 2.24) is 25.1 Å². The highest BCUT2D eigenvalue weighted by Crippen LogP contribution is 2.18. The molecule has 8 nitrogen and oxygen atoms in total. The molecule has 140 valence electrons. The number of hydrogen-bond acceptors (Lipinski definition) is 6. The molecule has 0 saturated carbocycles. The van der Waals surface area contributed by atoms with E-state index < -0.39 is 6.04 Å². The third-order valence-corrected chi connectivity index (χ3v) is 4.70. The van der Waals surface area contributed by atoms with Gasteiger partial charge >= 0.3 is 0 Å². The van der Waals surface area contributed by atoms with Crippen LogP contribution in [0.15, 0.2) is 18.0 Å². The number of nitrogens with one attached hydrogen (secondary N) is 3. The number of aromatic amines is 1. The molecule has 26 heavy (non-hydrogen) atoms. The third kappa shape index (κ3) is 5.09. The van der Waals surface area contributed by atoms with Gasteiger partial charge in [-0.15, -0.1) is 17.9 Å². The SMILES string of the molecule is C=CCn1c(Cc2csc(NC(=O)C(NC(C)=O)C(C)C)n2)n[nH]c1=S. The van der Waals surface area contributed by atoms with Crippen molar-refractivity contribution in [3.8, 4) is 0 Å². The molecule has 2 rings (SSSR count). The minimum Gasteiger partial charge on any atom is -0.344 e.